The molecule has 4 aromatic rings. The average molecular weight is 492 g/mol. The molecule has 0 radical (unpaired) electrons. The van der Waals surface area contributed by atoms with Crippen LogP contribution in [0.25, 0.3) is 22.4 Å². The fourth-order valence-corrected chi connectivity index (χ4v) is 3.20. The average Bonchev–Trinajstić information content (AvgIpc) is 2.82. The van der Waals surface area contributed by atoms with E-state index in [-0.39, 0.29) is 22.7 Å². The lowest BCUT2D eigenvalue weighted by Crippen LogP contribution is -2.20. The monoisotopic (exact) mass is 492 g/mol. The summed E-state index contributed by atoms with van der Waals surface area (Å²) in [5.41, 5.74) is -2.51. The molecule has 35 heavy (non-hydrogen) atoms. The minimum atomic E-state index is -4.81. The molecule has 13 heteroatoms. The number of fused-ring (bicyclic) bond motifs is 1. The van der Waals surface area contributed by atoms with Gasteiger partial charge in [-0.05, 0) is 36.4 Å². The maximum absolute atomic E-state index is 13.7. The fraction of sp³-hybridized carbons (Fsp3) is 0.136. The molecule has 180 valence electrons. The summed E-state index contributed by atoms with van der Waals surface area (Å²) in [6, 6.07) is 6.96. The van der Waals surface area contributed by atoms with Crippen LogP contribution >= 0.6 is 0 Å². The lowest BCUT2D eigenvalue weighted by molar-refractivity contribution is -0.138. The molecule has 7 nitrogen and oxygen atoms in total. The van der Waals surface area contributed by atoms with Crippen LogP contribution in [0.4, 0.5) is 37.8 Å². The summed E-state index contributed by atoms with van der Waals surface area (Å²) in [5, 5.41) is 5.47. The van der Waals surface area contributed by atoms with Crippen LogP contribution in [-0.4, -0.2) is 32.9 Å². The number of carbonyl (C=O) groups is 1. The maximum atomic E-state index is 13.7. The highest BCUT2D eigenvalue weighted by Gasteiger charge is 2.36. The molecule has 0 saturated carbocycles. The predicted molar refractivity (Wildman–Crippen MR) is 114 cm³/mol. The van der Waals surface area contributed by atoms with Crippen LogP contribution in [0.3, 0.4) is 0 Å². The zero-order valence-electron chi connectivity index (χ0n) is 17.7. The second-order valence-electron chi connectivity index (χ2n) is 7.18. The van der Waals surface area contributed by atoms with E-state index in [1.54, 1.807) is 0 Å². The quantitative estimate of drug-likeness (QED) is 0.379. The van der Waals surface area contributed by atoms with Gasteiger partial charge >= 0.3 is 12.4 Å². The van der Waals surface area contributed by atoms with E-state index in [1.807, 2.05) is 0 Å². The van der Waals surface area contributed by atoms with Gasteiger partial charge in [-0.25, -0.2) is 15.0 Å². The highest BCUT2D eigenvalue weighted by Crippen LogP contribution is 2.37. The topological polar surface area (TPSA) is 92.7 Å². The lowest BCUT2D eigenvalue weighted by atomic mass is 10.1. The first-order valence-corrected chi connectivity index (χ1v) is 9.83. The van der Waals surface area contributed by atoms with Crippen molar-refractivity contribution in [1.29, 1.82) is 0 Å². The van der Waals surface area contributed by atoms with E-state index in [4.69, 9.17) is 0 Å². The molecule has 0 aliphatic heterocycles. The molecule has 0 atom stereocenters. The normalized spacial score (nSPS) is 12.0. The van der Waals surface area contributed by atoms with Crippen molar-refractivity contribution in [3.63, 3.8) is 0 Å². The van der Waals surface area contributed by atoms with Crippen molar-refractivity contribution in [2.45, 2.75) is 12.4 Å². The number of aromatic nitrogens is 4. The summed E-state index contributed by atoms with van der Waals surface area (Å²) in [5.74, 6) is -0.615. The number of nitrogens with one attached hydrogen (secondary N) is 2. The van der Waals surface area contributed by atoms with Crippen molar-refractivity contribution in [2.24, 2.45) is 0 Å². The van der Waals surface area contributed by atoms with E-state index in [9.17, 15) is 31.1 Å². The second kappa shape index (κ2) is 8.81. The van der Waals surface area contributed by atoms with Crippen molar-refractivity contribution >= 4 is 28.4 Å². The minimum absolute atomic E-state index is 0.0599. The zero-order chi connectivity index (χ0) is 25.4. The van der Waals surface area contributed by atoms with E-state index in [0.29, 0.717) is 23.3 Å². The van der Waals surface area contributed by atoms with E-state index >= 15 is 0 Å². The van der Waals surface area contributed by atoms with Crippen molar-refractivity contribution in [2.75, 3.05) is 12.4 Å². The number of alkyl halides is 6. The molecule has 4 rings (SSSR count). The molecule has 0 aliphatic carbocycles. The third kappa shape index (κ3) is 4.98. The van der Waals surface area contributed by atoms with E-state index in [1.165, 1.54) is 31.4 Å². The van der Waals surface area contributed by atoms with Crippen LogP contribution in [0.15, 0.2) is 55.0 Å². The molecule has 0 bridgehead atoms. The Morgan fingerprint density at radius 2 is 1.66 bits per heavy atom. The Bertz CT molecular complexity index is 1400. The number of rotatable bonds is 4. The Kier molecular flexibility index (Phi) is 6.01. The summed E-state index contributed by atoms with van der Waals surface area (Å²) in [4.78, 5) is 27.6. The van der Waals surface area contributed by atoms with Gasteiger partial charge in [0.1, 0.15) is 11.5 Å². The van der Waals surface area contributed by atoms with Gasteiger partial charge in [-0.2, -0.15) is 26.3 Å². The number of hydrogen-bond donors (Lipinski definition) is 2. The summed E-state index contributed by atoms with van der Waals surface area (Å²) in [6.07, 6.45) is -6.32. The van der Waals surface area contributed by atoms with Crippen molar-refractivity contribution in [1.82, 2.24) is 25.3 Å². The lowest BCUT2D eigenvalue weighted by Gasteiger charge is -2.14. The summed E-state index contributed by atoms with van der Waals surface area (Å²) < 4.78 is 79.3. The largest absolute Gasteiger partial charge is 0.418 e. The third-order valence-corrected chi connectivity index (χ3v) is 4.88. The minimum Gasteiger partial charge on any atom is -0.355 e. The van der Waals surface area contributed by atoms with E-state index < -0.39 is 35.1 Å². The van der Waals surface area contributed by atoms with Crippen molar-refractivity contribution in [3.05, 3.63) is 71.7 Å². The molecule has 2 N–H and O–H groups in total. The molecule has 0 saturated heterocycles. The van der Waals surface area contributed by atoms with Crippen molar-refractivity contribution < 1.29 is 31.1 Å². The SMILES string of the molecule is CNC(=O)c1cnc(-c2ccc3c(Nc4ccc(C(F)(F)F)cn4)ccnc3n2)c(C(F)(F)F)c1. The number of anilines is 2. The Hall–Kier alpha value is -4.29. The highest BCUT2D eigenvalue weighted by molar-refractivity contribution is 5.95. The second-order valence-corrected chi connectivity index (χ2v) is 7.18. The van der Waals surface area contributed by atoms with Crippen LogP contribution in [0, 0.1) is 0 Å². The van der Waals surface area contributed by atoms with Gasteiger partial charge in [-0.15, -0.1) is 0 Å². The number of amides is 1. The number of nitrogens with zero attached hydrogens (tertiary/aromatic N) is 4. The first-order chi connectivity index (χ1) is 16.5. The van der Waals surface area contributed by atoms with Gasteiger partial charge in [0.15, 0.2) is 5.65 Å². The summed E-state index contributed by atoms with van der Waals surface area (Å²) >= 11 is 0. The van der Waals surface area contributed by atoms with Crippen LogP contribution in [0.2, 0.25) is 0 Å². The molecule has 0 spiro atoms. The van der Waals surface area contributed by atoms with Gasteiger partial charge < -0.3 is 10.6 Å². The first kappa shape index (κ1) is 23.9. The standard InChI is InChI=1S/C22H14F6N6O/c1-29-20(35)11-8-14(22(26,27)28)18(32-9-11)16-4-3-13-15(6-7-30-19(13)34-16)33-17-5-2-12(10-31-17)21(23,24)25/h2-10H,1H3,(H,29,35)(H,30,31,33,34). The van der Waals surface area contributed by atoms with E-state index in [0.717, 1.165) is 18.3 Å². The molecular weight excluding hydrogens is 478 g/mol. The number of carbonyl (C=O) groups excluding carboxylic acids is 1. The molecule has 1 amide bonds. The smallest absolute Gasteiger partial charge is 0.355 e. The van der Waals surface area contributed by atoms with Gasteiger partial charge in [0, 0.05) is 31.0 Å². The van der Waals surface area contributed by atoms with Crippen molar-refractivity contribution in [3.8, 4) is 11.4 Å². The Balaban J connectivity index is 1.72. The van der Waals surface area contributed by atoms with Gasteiger partial charge in [0.05, 0.1) is 28.1 Å². The van der Waals surface area contributed by atoms with Crippen LogP contribution < -0.4 is 10.6 Å². The Labute approximate surface area is 193 Å². The summed E-state index contributed by atoms with van der Waals surface area (Å²) in [7, 11) is 1.28. The molecule has 0 aliphatic rings. The van der Waals surface area contributed by atoms with Gasteiger partial charge in [0.2, 0.25) is 0 Å². The van der Waals surface area contributed by atoms with Gasteiger partial charge in [-0.3, -0.25) is 9.78 Å². The maximum Gasteiger partial charge on any atom is 0.418 e. The Morgan fingerprint density at radius 1 is 0.886 bits per heavy atom. The van der Waals surface area contributed by atoms with E-state index in [2.05, 4.69) is 30.6 Å². The first-order valence-electron chi connectivity index (χ1n) is 9.83. The van der Waals surface area contributed by atoms with Gasteiger partial charge in [0.25, 0.3) is 5.91 Å². The number of halogens is 6. The van der Waals surface area contributed by atoms with Gasteiger partial charge in [-0.1, -0.05) is 0 Å². The summed E-state index contributed by atoms with van der Waals surface area (Å²) in [6.45, 7) is 0. The molecule has 4 heterocycles. The number of hydrogen-bond acceptors (Lipinski definition) is 6. The van der Waals surface area contributed by atoms with Crippen LogP contribution in [0.5, 0.6) is 0 Å². The molecular formula is C22H14F6N6O. The molecule has 0 aromatic carbocycles. The predicted octanol–water partition coefficient (Wildman–Crippen LogP) is 5.23. The Morgan fingerprint density at radius 3 is 2.29 bits per heavy atom. The fourth-order valence-electron chi connectivity index (χ4n) is 3.20. The highest BCUT2D eigenvalue weighted by atomic mass is 19.4. The molecule has 0 unspecified atom stereocenters. The molecule has 0 fully saturated rings. The van der Waals surface area contributed by atoms with Crippen LogP contribution in [0.1, 0.15) is 21.5 Å². The molecule has 4 aromatic heterocycles. The zero-order valence-corrected chi connectivity index (χ0v) is 17.7. The number of pyridine rings is 4. The van der Waals surface area contributed by atoms with Crippen LogP contribution in [-0.2, 0) is 12.4 Å². The third-order valence-electron chi connectivity index (χ3n) is 4.88.